The number of aromatic nitrogens is 2. The SMILES string of the molecule is COc1c(C(C)C)ccc2[nH]c(C(C)C)nc12. The largest absolute Gasteiger partial charge is 0.494 e. The van der Waals surface area contributed by atoms with Crippen LogP contribution in [0, 0.1) is 0 Å². The zero-order valence-electron chi connectivity index (χ0n) is 11.2. The van der Waals surface area contributed by atoms with Crippen LogP contribution >= 0.6 is 0 Å². The third-order valence-corrected chi connectivity index (χ3v) is 3.03. The monoisotopic (exact) mass is 232 g/mol. The molecule has 0 aliphatic rings. The van der Waals surface area contributed by atoms with E-state index in [0.29, 0.717) is 11.8 Å². The summed E-state index contributed by atoms with van der Waals surface area (Å²) in [7, 11) is 1.71. The minimum Gasteiger partial charge on any atom is -0.494 e. The molecular weight excluding hydrogens is 212 g/mol. The van der Waals surface area contributed by atoms with Crippen molar-refractivity contribution in [3.8, 4) is 5.75 Å². The van der Waals surface area contributed by atoms with Gasteiger partial charge in [0, 0.05) is 5.92 Å². The standard InChI is InChI=1S/C14H20N2O/c1-8(2)10-6-7-11-12(13(10)17-5)16-14(15-11)9(3)4/h6-9H,1-5H3,(H,15,16). The summed E-state index contributed by atoms with van der Waals surface area (Å²) in [4.78, 5) is 7.99. The number of benzene rings is 1. The van der Waals surface area contributed by atoms with Crippen molar-refractivity contribution in [3.05, 3.63) is 23.5 Å². The molecule has 0 saturated heterocycles. The van der Waals surface area contributed by atoms with Crippen molar-refractivity contribution in [2.45, 2.75) is 39.5 Å². The van der Waals surface area contributed by atoms with Gasteiger partial charge >= 0.3 is 0 Å². The fourth-order valence-electron chi connectivity index (χ4n) is 2.03. The lowest BCUT2D eigenvalue weighted by molar-refractivity contribution is 0.412. The molecule has 3 nitrogen and oxygen atoms in total. The van der Waals surface area contributed by atoms with E-state index in [9.17, 15) is 0 Å². The lowest BCUT2D eigenvalue weighted by atomic mass is 10.0. The van der Waals surface area contributed by atoms with Crippen molar-refractivity contribution in [2.24, 2.45) is 0 Å². The molecule has 3 heteroatoms. The van der Waals surface area contributed by atoms with Crippen LogP contribution in [0.3, 0.4) is 0 Å². The van der Waals surface area contributed by atoms with Crippen LogP contribution in [0.15, 0.2) is 12.1 Å². The Morgan fingerprint density at radius 3 is 2.35 bits per heavy atom. The first-order valence-corrected chi connectivity index (χ1v) is 6.11. The molecule has 1 aromatic carbocycles. The number of imidazole rings is 1. The van der Waals surface area contributed by atoms with Gasteiger partial charge in [0.15, 0.2) is 0 Å². The highest BCUT2D eigenvalue weighted by Gasteiger charge is 2.15. The van der Waals surface area contributed by atoms with E-state index in [-0.39, 0.29) is 0 Å². The van der Waals surface area contributed by atoms with Gasteiger partial charge in [0.25, 0.3) is 0 Å². The van der Waals surface area contributed by atoms with Crippen LogP contribution in [0.4, 0.5) is 0 Å². The summed E-state index contributed by atoms with van der Waals surface area (Å²) in [6, 6.07) is 4.21. The van der Waals surface area contributed by atoms with Gasteiger partial charge in [0.2, 0.25) is 0 Å². The highest BCUT2D eigenvalue weighted by atomic mass is 16.5. The molecule has 2 rings (SSSR count). The van der Waals surface area contributed by atoms with E-state index in [4.69, 9.17) is 4.74 Å². The first-order valence-electron chi connectivity index (χ1n) is 6.11. The van der Waals surface area contributed by atoms with Gasteiger partial charge in [0.1, 0.15) is 17.1 Å². The number of aromatic amines is 1. The van der Waals surface area contributed by atoms with E-state index in [1.807, 2.05) is 0 Å². The first-order chi connectivity index (χ1) is 8.04. The summed E-state index contributed by atoms with van der Waals surface area (Å²) >= 11 is 0. The number of hydrogen-bond donors (Lipinski definition) is 1. The quantitative estimate of drug-likeness (QED) is 0.873. The highest BCUT2D eigenvalue weighted by Crippen LogP contribution is 2.33. The Bertz CT molecular complexity index is 526. The lowest BCUT2D eigenvalue weighted by Crippen LogP contribution is -1.95. The Kier molecular flexibility index (Phi) is 3.09. The topological polar surface area (TPSA) is 37.9 Å². The van der Waals surface area contributed by atoms with Crippen LogP contribution in [0.1, 0.15) is 50.9 Å². The summed E-state index contributed by atoms with van der Waals surface area (Å²) in [5.41, 5.74) is 3.21. The number of nitrogens with zero attached hydrogens (tertiary/aromatic N) is 1. The number of ether oxygens (including phenoxy) is 1. The maximum absolute atomic E-state index is 5.53. The molecule has 0 amide bonds. The molecule has 0 radical (unpaired) electrons. The summed E-state index contributed by atoms with van der Waals surface area (Å²) in [6.07, 6.45) is 0. The summed E-state index contributed by atoms with van der Waals surface area (Å²) in [5, 5.41) is 0. The van der Waals surface area contributed by atoms with Crippen LogP contribution in [0.2, 0.25) is 0 Å². The number of H-pyrrole nitrogens is 1. The second kappa shape index (κ2) is 4.40. The molecule has 0 aliphatic heterocycles. The van der Waals surface area contributed by atoms with Crippen LogP contribution in [0.25, 0.3) is 11.0 Å². The van der Waals surface area contributed by atoms with Gasteiger partial charge in [-0.1, -0.05) is 33.8 Å². The molecule has 0 fully saturated rings. The lowest BCUT2D eigenvalue weighted by Gasteiger charge is -2.11. The van der Waals surface area contributed by atoms with Gasteiger partial charge in [-0.25, -0.2) is 4.98 Å². The van der Waals surface area contributed by atoms with Crippen LogP contribution in [-0.4, -0.2) is 17.1 Å². The Morgan fingerprint density at radius 1 is 1.12 bits per heavy atom. The van der Waals surface area contributed by atoms with Crippen molar-refractivity contribution in [1.29, 1.82) is 0 Å². The average Bonchev–Trinajstić information content (AvgIpc) is 2.70. The van der Waals surface area contributed by atoms with Gasteiger partial charge in [-0.2, -0.15) is 0 Å². The Labute approximate surface area is 102 Å². The van der Waals surface area contributed by atoms with Crippen LogP contribution in [0.5, 0.6) is 5.75 Å². The highest BCUT2D eigenvalue weighted by molar-refractivity contribution is 5.83. The van der Waals surface area contributed by atoms with Gasteiger partial charge in [-0.05, 0) is 17.5 Å². The molecule has 0 saturated carbocycles. The summed E-state index contributed by atoms with van der Waals surface area (Å²) in [6.45, 7) is 8.60. The molecule has 0 aliphatic carbocycles. The molecule has 0 bridgehead atoms. The van der Waals surface area contributed by atoms with E-state index in [1.165, 1.54) is 5.56 Å². The third kappa shape index (κ3) is 2.02. The molecule has 17 heavy (non-hydrogen) atoms. The van der Waals surface area contributed by atoms with Crippen LogP contribution in [-0.2, 0) is 0 Å². The second-order valence-corrected chi connectivity index (χ2v) is 5.02. The molecule has 0 atom stereocenters. The average molecular weight is 232 g/mol. The zero-order valence-corrected chi connectivity index (χ0v) is 11.2. The van der Waals surface area contributed by atoms with E-state index < -0.39 is 0 Å². The van der Waals surface area contributed by atoms with Crippen molar-refractivity contribution < 1.29 is 4.74 Å². The van der Waals surface area contributed by atoms with E-state index >= 15 is 0 Å². The molecule has 1 heterocycles. The summed E-state index contributed by atoms with van der Waals surface area (Å²) < 4.78 is 5.53. The minimum atomic E-state index is 0.398. The molecular formula is C14H20N2O. The zero-order chi connectivity index (χ0) is 12.6. The molecule has 0 unspecified atom stereocenters. The Hall–Kier alpha value is -1.51. The number of rotatable bonds is 3. The smallest absolute Gasteiger partial charge is 0.150 e. The van der Waals surface area contributed by atoms with Gasteiger partial charge < -0.3 is 9.72 Å². The van der Waals surface area contributed by atoms with Crippen molar-refractivity contribution >= 4 is 11.0 Å². The number of nitrogens with one attached hydrogen (secondary N) is 1. The third-order valence-electron chi connectivity index (χ3n) is 3.03. The van der Waals surface area contributed by atoms with Gasteiger partial charge in [-0.15, -0.1) is 0 Å². The van der Waals surface area contributed by atoms with Crippen molar-refractivity contribution in [2.75, 3.05) is 7.11 Å². The van der Waals surface area contributed by atoms with E-state index in [2.05, 4.69) is 49.8 Å². The maximum Gasteiger partial charge on any atom is 0.150 e. The van der Waals surface area contributed by atoms with Crippen molar-refractivity contribution in [1.82, 2.24) is 9.97 Å². The van der Waals surface area contributed by atoms with Gasteiger partial charge in [-0.3, -0.25) is 0 Å². The Balaban J connectivity index is 2.68. The summed E-state index contributed by atoms with van der Waals surface area (Å²) in [5.74, 6) is 2.75. The number of methoxy groups -OCH3 is 1. The fourth-order valence-corrected chi connectivity index (χ4v) is 2.03. The number of hydrogen-bond acceptors (Lipinski definition) is 2. The van der Waals surface area contributed by atoms with Crippen LogP contribution < -0.4 is 4.74 Å². The van der Waals surface area contributed by atoms with E-state index in [0.717, 1.165) is 22.6 Å². The van der Waals surface area contributed by atoms with E-state index in [1.54, 1.807) is 7.11 Å². The minimum absolute atomic E-state index is 0.398. The molecule has 92 valence electrons. The molecule has 1 aromatic heterocycles. The Morgan fingerprint density at radius 2 is 1.82 bits per heavy atom. The van der Waals surface area contributed by atoms with Crippen molar-refractivity contribution in [3.63, 3.8) is 0 Å². The predicted molar refractivity (Wildman–Crippen MR) is 70.8 cm³/mol. The normalized spacial score (nSPS) is 11.7. The first kappa shape index (κ1) is 12.0. The maximum atomic E-state index is 5.53. The fraction of sp³-hybridized carbons (Fsp3) is 0.500. The molecule has 2 aromatic rings. The van der Waals surface area contributed by atoms with Gasteiger partial charge in [0.05, 0.1) is 12.6 Å². The molecule has 0 spiro atoms. The molecule has 1 N–H and O–H groups in total. The predicted octanol–water partition coefficient (Wildman–Crippen LogP) is 3.82. The second-order valence-electron chi connectivity index (χ2n) is 5.02. The number of fused-ring (bicyclic) bond motifs is 1.